The molecule has 19 heavy (non-hydrogen) atoms. The summed E-state index contributed by atoms with van der Waals surface area (Å²) in [6.07, 6.45) is 0.550. The van der Waals surface area contributed by atoms with Gasteiger partial charge in [0.15, 0.2) is 0 Å². The first-order valence-electron chi connectivity index (χ1n) is 6.31. The maximum atomic E-state index is 12.4. The number of fused-ring (bicyclic) bond motifs is 3. The van der Waals surface area contributed by atoms with E-state index < -0.39 is 0 Å². The second-order valence-electron chi connectivity index (χ2n) is 4.59. The van der Waals surface area contributed by atoms with Crippen LogP contribution in [0.5, 0.6) is 0 Å². The molecule has 5 nitrogen and oxygen atoms in total. The number of aromatic amines is 1. The lowest BCUT2D eigenvalue weighted by Gasteiger charge is -2.07. The molecule has 2 N–H and O–H groups in total. The van der Waals surface area contributed by atoms with Crippen LogP contribution in [0.4, 0.5) is 0 Å². The molecule has 0 amide bonds. The zero-order valence-corrected chi connectivity index (χ0v) is 10.7. The van der Waals surface area contributed by atoms with Gasteiger partial charge in [-0.05, 0) is 19.4 Å². The number of H-pyrrole nitrogens is 1. The lowest BCUT2D eigenvalue weighted by molar-refractivity contribution is 0.278. The van der Waals surface area contributed by atoms with Gasteiger partial charge < -0.3 is 10.1 Å². The first-order valence-corrected chi connectivity index (χ1v) is 6.31. The fourth-order valence-corrected chi connectivity index (χ4v) is 2.39. The van der Waals surface area contributed by atoms with Crippen molar-refractivity contribution >= 4 is 21.9 Å². The third-order valence-electron chi connectivity index (χ3n) is 3.34. The van der Waals surface area contributed by atoms with E-state index in [1.54, 1.807) is 4.57 Å². The molecule has 0 radical (unpaired) electrons. The molecule has 0 saturated heterocycles. The van der Waals surface area contributed by atoms with Gasteiger partial charge in [0.05, 0.1) is 0 Å². The summed E-state index contributed by atoms with van der Waals surface area (Å²) >= 11 is 0. The second-order valence-corrected chi connectivity index (χ2v) is 4.59. The maximum Gasteiger partial charge on any atom is 0.277 e. The number of hydrogen-bond donors (Lipinski definition) is 2. The highest BCUT2D eigenvalue weighted by molar-refractivity contribution is 6.04. The lowest BCUT2D eigenvalue weighted by Crippen LogP contribution is -2.24. The van der Waals surface area contributed by atoms with Crippen LogP contribution in [0, 0.1) is 6.92 Å². The first-order chi connectivity index (χ1) is 9.22. The summed E-state index contributed by atoms with van der Waals surface area (Å²) in [5, 5.41) is 9.86. The highest BCUT2D eigenvalue weighted by Crippen LogP contribution is 2.21. The molecule has 2 heterocycles. The number of para-hydroxylation sites is 1. The molecule has 5 heteroatoms. The minimum absolute atomic E-state index is 0.0661. The number of aryl methyl sites for hydroxylation is 1. The van der Waals surface area contributed by atoms with E-state index in [0.29, 0.717) is 24.3 Å². The SMILES string of the molecule is Cc1nc2c([nH]c3ccccc32)c(=O)n1CCCO. The van der Waals surface area contributed by atoms with E-state index in [1.807, 2.05) is 31.2 Å². The van der Waals surface area contributed by atoms with Crippen LogP contribution < -0.4 is 5.56 Å². The number of rotatable bonds is 3. The second kappa shape index (κ2) is 4.51. The minimum Gasteiger partial charge on any atom is -0.396 e. The van der Waals surface area contributed by atoms with E-state index in [0.717, 1.165) is 16.4 Å². The maximum absolute atomic E-state index is 12.4. The molecule has 0 saturated carbocycles. The number of nitrogens with zero attached hydrogens (tertiary/aromatic N) is 2. The van der Waals surface area contributed by atoms with Gasteiger partial charge in [0.25, 0.3) is 5.56 Å². The van der Waals surface area contributed by atoms with E-state index in [1.165, 1.54) is 0 Å². The summed E-state index contributed by atoms with van der Waals surface area (Å²) < 4.78 is 1.61. The Hall–Kier alpha value is -2.14. The molecule has 0 bridgehead atoms. The van der Waals surface area contributed by atoms with E-state index in [-0.39, 0.29) is 12.2 Å². The Balaban J connectivity index is 2.33. The van der Waals surface area contributed by atoms with Gasteiger partial charge in [0.1, 0.15) is 16.9 Å². The third kappa shape index (κ3) is 1.82. The molecule has 0 aliphatic heterocycles. The summed E-state index contributed by atoms with van der Waals surface area (Å²) in [5.41, 5.74) is 2.09. The Morgan fingerprint density at radius 2 is 2.16 bits per heavy atom. The van der Waals surface area contributed by atoms with Crippen molar-refractivity contribution in [3.8, 4) is 0 Å². The van der Waals surface area contributed by atoms with Gasteiger partial charge in [-0.15, -0.1) is 0 Å². The largest absolute Gasteiger partial charge is 0.396 e. The summed E-state index contributed by atoms with van der Waals surface area (Å²) in [4.78, 5) is 20.1. The van der Waals surface area contributed by atoms with Crippen molar-refractivity contribution in [2.24, 2.45) is 0 Å². The summed E-state index contributed by atoms with van der Waals surface area (Å²) in [7, 11) is 0. The van der Waals surface area contributed by atoms with Crippen LogP contribution in [0.2, 0.25) is 0 Å². The van der Waals surface area contributed by atoms with Crippen LogP contribution in [-0.4, -0.2) is 26.2 Å². The van der Waals surface area contributed by atoms with Crippen molar-refractivity contribution in [2.75, 3.05) is 6.61 Å². The molecule has 0 spiro atoms. The summed E-state index contributed by atoms with van der Waals surface area (Å²) in [6, 6.07) is 7.75. The quantitative estimate of drug-likeness (QED) is 0.748. The van der Waals surface area contributed by atoms with Gasteiger partial charge in [-0.1, -0.05) is 18.2 Å². The van der Waals surface area contributed by atoms with Crippen molar-refractivity contribution < 1.29 is 5.11 Å². The van der Waals surface area contributed by atoms with Gasteiger partial charge in [0, 0.05) is 24.1 Å². The van der Waals surface area contributed by atoms with Crippen molar-refractivity contribution in [1.82, 2.24) is 14.5 Å². The van der Waals surface area contributed by atoms with E-state index in [2.05, 4.69) is 9.97 Å². The molecule has 1 aromatic carbocycles. The highest BCUT2D eigenvalue weighted by Gasteiger charge is 2.12. The van der Waals surface area contributed by atoms with Crippen LogP contribution in [0.1, 0.15) is 12.2 Å². The Labute approximate surface area is 109 Å². The zero-order valence-electron chi connectivity index (χ0n) is 10.7. The monoisotopic (exact) mass is 257 g/mol. The van der Waals surface area contributed by atoms with E-state index in [9.17, 15) is 4.79 Å². The molecule has 0 atom stereocenters. The topological polar surface area (TPSA) is 70.9 Å². The fraction of sp³-hybridized carbons (Fsp3) is 0.286. The average molecular weight is 257 g/mol. The van der Waals surface area contributed by atoms with Gasteiger partial charge in [-0.2, -0.15) is 0 Å². The molecule has 2 aromatic heterocycles. The number of aliphatic hydroxyl groups is 1. The predicted octanol–water partition coefficient (Wildman–Crippen LogP) is 1.57. The number of benzene rings is 1. The van der Waals surface area contributed by atoms with Crippen LogP contribution in [0.15, 0.2) is 29.1 Å². The lowest BCUT2D eigenvalue weighted by atomic mass is 10.2. The third-order valence-corrected chi connectivity index (χ3v) is 3.34. The van der Waals surface area contributed by atoms with Crippen LogP contribution >= 0.6 is 0 Å². The number of hydrogen-bond acceptors (Lipinski definition) is 3. The molecule has 0 aliphatic rings. The Morgan fingerprint density at radius 1 is 1.37 bits per heavy atom. The van der Waals surface area contributed by atoms with E-state index >= 15 is 0 Å². The van der Waals surface area contributed by atoms with Gasteiger partial charge in [-0.25, -0.2) is 4.98 Å². The molecule has 3 aromatic rings. The number of aliphatic hydroxyl groups excluding tert-OH is 1. The normalized spacial score (nSPS) is 11.5. The first kappa shape index (κ1) is 11.9. The molecule has 3 rings (SSSR count). The molecule has 0 aliphatic carbocycles. The Bertz CT molecular complexity index is 801. The number of aromatic nitrogens is 3. The molecule has 0 fully saturated rings. The highest BCUT2D eigenvalue weighted by atomic mass is 16.3. The van der Waals surface area contributed by atoms with Crippen molar-refractivity contribution in [1.29, 1.82) is 0 Å². The molecule has 0 unspecified atom stereocenters. The van der Waals surface area contributed by atoms with E-state index in [4.69, 9.17) is 5.11 Å². The molecular weight excluding hydrogens is 242 g/mol. The smallest absolute Gasteiger partial charge is 0.277 e. The van der Waals surface area contributed by atoms with Gasteiger partial charge in [0.2, 0.25) is 0 Å². The minimum atomic E-state index is -0.0767. The van der Waals surface area contributed by atoms with Crippen molar-refractivity contribution in [2.45, 2.75) is 19.9 Å². The van der Waals surface area contributed by atoms with Gasteiger partial charge >= 0.3 is 0 Å². The van der Waals surface area contributed by atoms with Crippen LogP contribution in [-0.2, 0) is 6.54 Å². The molecule has 98 valence electrons. The Morgan fingerprint density at radius 3 is 2.95 bits per heavy atom. The van der Waals surface area contributed by atoms with Gasteiger partial charge in [-0.3, -0.25) is 9.36 Å². The van der Waals surface area contributed by atoms with Crippen LogP contribution in [0.25, 0.3) is 21.9 Å². The van der Waals surface area contributed by atoms with Crippen molar-refractivity contribution in [3.63, 3.8) is 0 Å². The Kier molecular flexibility index (Phi) is 2.83. The fourth-order valence-electron chi connectivity index (χ4n) is 2.39. The summed E-state index contributed by atoms with van der Waals surface area (Å²) in [5.74, 6) is 0.677. The van der Waals surface area contributed by atoms with Crippen LogP contribution in [0.3, 0.4) is 0 Å². The standard InChI is InChI=1S/C14H15N3O2/c1-9-15-12-10-5-2-3-6-11(10)16-13(12)14(19)17(9)7-4-8-18/h2-3,5-6,16,18H,4,7-8H2,1H3. The average Bonchev–Trinajstić information content (AvgIpc) is 2.78. The molecular formula is C14H15N3O2. The predicted molar refractivity (Wildman–Crippen MR) is 74.3 cm³/mol. The number of nitrogens with one attached hydrogen (secondary N) is 1. The zero-order chi connectivity index (χ0) is 13.4. The van der Waals surface area contributed by atoms with Crippen molar-refractivity contribution in [3.05, 3.63) is 40.4 Å². The summed E-state index contributed by atoms with van der Waals surface area (Å²) in [6.45, 7) is 2.37.